The van der Waals surface area contributed by atoms with Crippen molar-refractivity contribution in [1.29, 1.82) is 0 Å². The van der Waals surface area contributed by atoms with E-state index in [0.717, 1.165) is 25.7 Å². The smallest absolute Gasteiger partial charge is 0.441 e. The highest BCUT2D eigenvalue weighted by Gasteiger charge is 2.33. The number of carbonyl (C=O) groups is 2. The second-order valence-electron chi connectivity index (χ2n) is 3.95. The maximum Gasteiger partial charge on any atom is 0.441 e. The molecule has 1 rings (SSSR count). The topological polar surface area (TPSA) is 79.8 Å². The maximum absolute atomic E-state index is 11.7. The van der Waals surface area contributed by atoms with E-state index < -0.39 is 17.5 Å². The molecule has 1 aliphatic rings. The Morgan fingerprint density at radius 1 is 1.38 bits per heavy atom. The van der Waals surface area contributed by atoms with Crippen LogP contribution in [-0.4, -0.2) is 28.9 Å². The van der Waals surface area contributed by atoms with Crippen LogP contribution in [0.2, 0.25) is 0 Å². The van der Waals surface area contributed by atoms with Crippen LogP contribution in [0.4, 0.5) is 0 Å². The average molecular weight is 224 g/mol. The van der Waals surface area contributed by atoms with Gasteiger partial charge in [-0.3, -0.25) is 4.79 Å². The number of hydrogen-bond donors (Lipinski definition) is 0. The number of carbonyl (C=O) groups excluding carboxylic acids is 2. The fourth-order valence-corrected chi connectivity index (χ4v) is 1.98. The Balaban J connectivity index is 2.56. The standard InChI is InChI=1S/C11H16N2O3/c1-2-16-11(15)10(13-12)9(14)7-8-5-3-4-6-8/h8H,2-7H2,1H3. The van der Waals surface area contributed by atoms with Gasteiger partial charge in [0.15, 0.2) is 0 Å². The van der Waals surface area contributed by atoms with Crippen molar-refractivity contribution in [2.24, 2.45) is 5.92 Å². The number of rotatable bonds is 5. The van der Waals surface area contributed by atoms with E-state index in [1.807, 2.05) is 0 Å². The summed E-state index contributed by atoms with van der Waals surface area (Å²) in [7, 11) is 0. The van der Waals surface area contributed by atoms with Crippen LogP contribution in [0.15, 0.2) is 0 Å². The number of esters is 1. The van der Waals surface area contributed by atoms with E-state index in [1.54, 1.807) is 6.92 Å². The molecule has 0 aliphatic heterocycles. The van der Waals surface area contributed by atoms with Crippen molar-refractivity contribution in [3.63, 3.8) is 0 Å². The quantitative estimate of drug-likeness (QED) is 0.232. The van der Waals surface area contributed by atoms with Crippen molar-refractivity contribution in [1.82, 2.24) is 0 Å². The number of ketones is 1. The van der Waals surface area contributed by atoms with Gasteiger partial charge in [0.25, 0.3) is 5.78 Å². The van der Waals surface area contributed by atoms with Gasteiger partial charge in [-0.2, -0.15) is 4.79 Å². The van der Waals surface area contributed by atoms with Crippen LogP contribution in [0.1, 0.15) is 39.0 Å². The molecule has 0 radical (unpaired) electrons. The summed E-state index contributed by atoms with van der Waals surface area (Å²) in [4.78, 5) is 25.7. The van der Waals surface area contributed by atoms with Crippen molar-refractivity contribution >= 4 is 17.5 Å². The SMILES string of the molecule is CCOC(=O)C(=[N+]=[N-])C(=O)CC1CCCC1. The van der Waals surface area contributed by atoms with Crippen molar-refractivity contribution in [3.05, 3.63) is 5.53 Å². The molecule has 0 saturated heterocycles. The molecule has 0 bridgehead atoms. The molecular weight excluding hydrogens is 208 g/mol. The molecule has 16 heavy (non-hydrogen) atoms. The van der Waals surface area contributed by atoms with Gasteiger partial charge in [-0.05, 0) is 12.8 Å². The Kier molecular flexibility index (Phi) is 4.86. The molecule has 0 spiro atoms. The minimum absolute atomic E-state index is 0.161. The summed E-state index contributed by atoms with van der Waals surface area (Å²) in [6.45, 7) is 1.79. The van der Waals surface area contributed by atoms with Gasteiger partial charge in [0.1, 0.15) is 0 Å². The van der Waals surface area contributed by atoms with Gasteiger partial charge < -0.3 is 10.3 Å². The van der Waals surface area contributed by atoms with Crippen LogP contribution in [0.3, 0.4) is 0 Å². The molecule has 5 nitrogen and oxygen atoms in total. The molecule has 0 unspecified atom stereocenters. The van der Waals surface area contributed by atoms with Crippen LogP contribution in [-0.2, 0) is 14.3 Å². The molecule has 0 aromatic rings. The first kappa shape index (κ1) is 12.6. The third-order valence-electron chi connectivity index (χ3n) is 2.78. The molecule has 1 fully saturated rings. The van der Waals surface area contributed by atoms with Crippen molar-refractivity contribution in [3.8, 4) is 0 Å². The monoisotopic (exact) mass is 224 g/mol. The zero-order valence-corrected chi connectivity index (χ0v) is 9.44. The second kappa shape index (κ2) is 6.18. The Labute approximate surface area is 94.4 Å². The van der Waals surface area contributed by atoms with Crippen molar-refractivity contribution < 1.29 is 19.1 Å². The summed E-state index contributed by atoms with van der Waals surface area (Å²) < 4.78 is 4.63. The third-order valence-corrected chi connectivity index (χ3v) is 2.78. The number of ether oxygens (including phenoxy) is 1. The molecule has 88 valence electrons. The van der Waals surface area contributed by atoms with E-state index in [-0.39, 0.29) is 13.0 Å². The first-order chi connectivity index (χ1) is 7.69. The van der Waals surface area contributed by atoms with E-state index in [9.17, 15) is 9.59 Å². The highest BCUT2D eigenvalue weighted by atomic mass is 16.5. The van der Waals surface area contributed by atoms with Gasteiger partial charge in [0.05, 0.1) is 6.61 Å². The number of nitrogens with zero attached hydrogens (tertiary/aromatic N) is 2. The predicted octanol–water partition coefficient (Wildman–Crippen LogP) is 1.37. The van der Waals surface area contributed by atoms with E-state index in [4.69, 9.17) is 5.53 Å². The number of hydrogen-bond acceptors (Lipinski definition) is 3. The highest BCUT2D eigenvalue weighted by molar-refractivity contribution is 6.62. The molecule has 5 heteroatoms. The van der Waals surface area contributed by atoms with Gasteiger partial charge in [-0.25, -0.2) is 4.79 Å². The fourth-order valence-electron chi connectivity index (χ4n) is 1.98. The summed E-state index contributed by atoms with van der Waals surface area (Å²) in [5, 5.41) is 0. The molecule has 0 amide bonds. The molecule has 0 heterocycles. The molecule has 1 saturated carbocycles. The Hall–Kier alpha value is -1.48. The van der Waals surface area contributed by atoms with Crippen LogP contribution in [0.5, 0.6) is 0 Å². The van der Waals surface area contributed by atoms with Gasteiger partial charge in [0, 0.05) is 6.42 Å². The van der Waals surface area contributed by atoms with Crippen molar-refractivity contribution in [2.45, 2.75) is 39.0 Å². The van der Waals surface area contributed by atoms with Crippen LogP contribution >= 0.6 is 0 Å². The average Bonchev–Trinajstić information content (AvgIpc) is 2.71. The first-order valence-electron chi connectivity index (χ1n) is 5.61. The summed E-state index contributed by atoms with van der Waals surface area (Å²) >= 11 is 0. The van der Waals surface area contributed by atoms with Crippen LogP contribution < -0.4 is 0 Å². The maximum atomic E-state index is 11.7. The third kappa shape index (κ3) is 3.28. The molecule has 0 N–H and O–H groups in total. The normalized spacial score (nSPS) is 15.6. The van der Waals surface area contributed by atoms with Gasteiger partial charge in [0.2, 0.25) is 0 Å². The highest BCUT2D eigenvalue weighted by Crippen LogP contribution is 2.27. The Morgan fingerprint density at radius 3 is 2.50 bits per heavy atom. The fraction of sp³-hybridized carbons (Fsp3) is 0.727. The van der Waals surface area contributed by atoms with Gasteiger partial charge in [-0.15, -0.1) is 0 Å². The van der Waals surface area contributed by atoms with E-state index in [1.165, 1.54) is 0 Å². The molecule has 0 atom stereocenters. The Morgan fingerprint density at radius 2 is 2.00 bits per heavy atom. The van der Waals surface area contributed by atoms with Crippen LogP contribution in [0.25, 0.3) is 5.53 Å². The molecule has 0 aromatic heterocycles. The van der Waals surface area contributed by atoms with Gasteiger partial charge in [-0.1, -0.05) is 25.7 Å². The lowest BCUT2D eigenvalue weighted by atomic mass is 9.99. The van der Waals surface area contributed by atoms with Crippen LogP contribution in [0, 0.1) is 5.92 Å². The van der Waals surface area contributed by atoms with Crippen molar-refractivity contribution in [2.75, 3.05) is 6.61 Å². The van der Waals surface area contributed by atoms with Gasteiger partial charge >= 0.3 is 11.7 Å². The summed E-state index contributed by atoms with van der Waals surface area (Å²) in [6.07, 6.45) is 4.55. The minimum atomic E-state index is -0.840. The lowest BCUT2D eigenvalue weighted by molar-refractivity contribution is -0.141. The largest absolute Gasteiger partial charge is 0.457 e. The zero-order chi connectivity index (χ0) is 12.0. The molecular formula is C11H16N2O3. The lowest BCUT2D eigenvalue weighted by Gasteiger charge is -2.04. The second-order valence-corrected chi connectivity index (χ2v) is 3.95. The lowest BCUT2D eigenvalue weighted by Crippen LogP contribution is -2.28. The minimum Gasteiger partial charge on any atom is -0.457 e. The summed E-state index contributed by atoms with van der Waals surface area (Å²) in [6, 6.07) is 0. The Bertz CT molecular complexity index is 326. The van der Waals surface area contributed by atoms with E-state index >= 15 is 0 Å². The van der Waals surface area contributed by atoms with E-state index in [2.05, 4.69) is 9.53 Å². The summed E-state index contributed by atoms with van der Waals surface area (Å²) in [5.41, 5.74) is 8.16. The first-order valence-corrected chi connectivity index (χ1v) is 5.61. The molecule has 1 aliphatic carbocycles. The van der Waals surface area contributed by atoms with E-state index in [0.29, 0.717) is 5.92 Å². The molecule has 0 aromatic carbocycles. The zero-order valence-electron chi connectivity index (χ0n) is 9.44. The predicted molar refractivity (Wildman–Crippen MR) is 56.8 cm³/mol. The summed E-state index contributed by atoms with van der Waals surface area (Å²) in [5.74, 6) is -0.945. The number of Topliss-reactive ketones (excluding diaryl/α,β-unsaturated/α-hetero) is 1.